The minimum atomic E-state index is -2.21. The summed E-state index contributed by atoms with van der Waals surface area (Å²) >= 11 is 0. The standard InChI is InChI=1S/C14H27NO11/c15-2-1-14(23)12(22)10(21)11(6(4-17)26-14)25-13-9(20)8(19)7(18)5(3-16)24-13/h5-13,16-23H,1-4,15H2/t5-,6-,7+,8+,9-,10+,11-,12-,13+,14-/m1/s1. The molecule has 0 aromatic heterocycles. The van der Waals surface area contributed by atoms with E-state index in [2.05, 4.69) is 0 Å². The van der Waals surface area contributed by atoms with Crippen molar-refractivity contribution < 1.29 is 55.1 Å². The van der Waals surface area contributed by atoms with E-state index < -0.39 is 74.1 Å². The molecule has 0 saturated carbocycles. The van der Waals surface area contributed by atoms with Crippen molar-refractivity contribution in [3.63, 3.8) is 0 Å². The highest BCUT2D eigenvalue weighted by atomic mass is 16.7. The first-order valence-electron chi connectivity index (χ1n) is 8.23. The molecule has 10 atom stereocenters. The number of nitrogens with two attached hydrogens (primary N) is 1. The molecule has 26 heavy (non-hydrogen) atoms. The molecule has 0 bridgehead atoms. The first kappa shape index (κ1) is 21.8. The maximum Gasteiger partial charge on any atom is 0.196 e. The summed E-state index contributed by atoms with van der Waals surface area (Å²) in [6, 6.07) is 0. The van der Waals surface area contributed by atoms with E-state index in [-0.39, 0.29) is 13.0 Å². The van der Waals surface area contributed by atoms with Crippen molar-refractivity contribution in [3.05, 3.63) is 0 Å². The van der Waals surface area contributed by atoms with Crippen LogP contribution in [-0.4, -0.2) is 122 Å². The van der Waals surface area contributed by atoms with Gasteiger partial charge in [0.15, 0.2) is 12.1 Å². The average molecular weight is 385 g/mol. The zero-order valence-corrected chi connectivity index (χ0v) is 13.9. The lowest BCUT2D eigenvalue weighted by atomic mass is 9.90. The monoisotopic (exact) mass is 385 g/mol. The van der Waals surface area contributed by atoms with Gasteiger partial charge in [-0.1, -0.05) is 0 Å². The van der Waals surface area contributed by atoms with Crippen molar-refractivity contribution in [2.45, 2.75) is 67.3 Å². The fraction of sp³-hybridized carbons (Fsp3) is 1.00. The van der Waals surface area contributed by atoms with Crippen LogP contribution in [0.1, 0.15) is 6.42 Å². The van der Waals surface area contributed by atoms with Gasteiger partial charge in [-0.2, -0.15) is 0 Å². The molecular weight excluding hydrogens is 358 g/mol. The minimum Gasteiger partial charge on any atom is -0.394 e. The number of hydrogen-bond acceptors (Lipinski definition) is 12. The van der Waals surface area contributed by atoms with Gasteiger partial charge >= 0.3 is 0 Å². The Balaban J connectivity index is 2.16. The van der Waals surface area contributed by atoms with Crippen molar-refractivity contribution in [1.29, 1.82) is 0 Å². The van der Waals surface area contributed by atoms with Crippen molar-refractivity contribution in [1.82, 2.24) is 0 Å². The highest BCUT2D eigenvalue weighted by Crippen LogP contribution is 2.34. The predicted molar refractivity (Wildman–Crippen MR) is 81.2 cm³/mol. The second kappa shape index (κ2) is 8.68. The molecule has 2 saturated heterocycles. The Morgan fingerprint density at radius 1 is 0.885 bits per heavy atom. The van der Waals surface area contributed by atoms with Crippen molar-refractivity contribution in [2.75, 3.05) is 19.8 Å². The molecule has 0 unspecified atom stereocenters. The summed E-state index contributed by atoms with van der Waals surface area (Å²) < 4.78 is 15.8. The molecule has 12 nitrogen and oxygen atoms in total. The van der Waals surface area contributed by atoms with Crippen molar-refractivity contribution in [2.24, 2.45) is 5.73 Å². The van der Waals surface area contributed by atoms with Crippen LogP contribution in [0.2, 0.25) is 0 Å². The maximum absolute atomic E-state index is 10.3. The van der Waals surface area contributed by atoms with Crippen molar-refractivity contribution in [3.8, 4) is 0 Å². The quantitative estimate of drug-likeness (QED) is 0.209. The highest BCUT2D eigenvalue weighted by molar-refractivity contribution is 4.98. The van der Waals surface area contributed by atoms with Gasteiger partial charge in [-0.05, 0) is 6.54 Å². The van der Waals surface area contributed by atoms with Crippen LogP contribution in [0.5, 0.6) is 0 Å². The van der Waals surface area contributed by atoms with E-state index in [1.165, 1.54) is 0 Å². The lowest BCUT2D eigenvalue weighted by molar-refractivity contribution is -0.384. The van der Waals surface area contributed by atoms with Crippen LogP contribution in [0.25, 0.3) is 0 Å². The van der Waals surface area contributed by atoms with Crippen LogP contribution in [0.3, 0.4) is 0 Å². The molecule has 2 fully saturated rings. The number of ether oxygens (including phenoxy) is 3. The third-order valence-corrected chi connectivity index (χ3v) is 4.67. The number of aliphatic hydroxyl groups is 8. The molecule has 0 amide bonds. The van der Waals surface area contributed by atoms with E-state index in [9.17, 15) is 40.9 Å². The number of rotatable bonds is 6. The molecule has 154 valence electrons. The summed E-state index contributed by atoms with van der Waals surface area (Å²) in [5.74, 6) is -2.21. The van der Waals surface area contributed by atoms with Crippen LogP contribution in [0.15, 0.2) is 0 Å². The molecule has 0 aromatic rings. The molecule has 12 heteroatoms. The summed E-state index contributed by atoms with van der Waals surface area (Å²) in [5.41, 5.74) is 5.35. The van der Waals surface area contributed by atoms with E-state index >= 15 is 0 Å². The van der Waals surface area contributed by atoms with Crippen LogP contribution >= 0.6 is 0 Å². The Morgan fingerprint density at radius 2 is 1.50 bits per heavy atom. The van der Waals surface area contributed by atoms with Crippen LogP contribution < -0.4 is 5.73 Å². The van der Waals surface area contributed by atoms with Crippen LogP contribution in [-0.2, 0) is 14.2 Å². The van der Waals surface area contributed by atoms with Gasteiger partial charge in [0, 0.05) is 6.42 Å². The van der Waals surface area contributed by atoms with Crippen molar-refractivity contribution >= 4 is 0 Å². The maximum atomic E-state index is 10.3. The van der Waals surface area contributed by atoms with Gasteiger partial charge in [-0.25, -0.2) is 0 Å². The van der Waals surface area contributed by atoms with E-state index in [0.717, 1.165) is 0 Å². The topological polar surface area (TPSA) is 216 Å². The predicted octanol–water partition coefficient (Wildman–Crippen LogP) is -5.68. The molecule has 2 heterocycles. The molecular formula is C14H27NO11. The SMILES string of the molecule is NCC[C@@]1(O)O[C@H](CO)[C@@H](O[C@@H]2O[C@H](CO)[C@H](O)[C@H](O)[C@H]2O)[C@H](O)[C@H]1O. The van der Waals surface area contributed by atoms with Crippen LogP contribution in [0, 0.1) is 0 Å². The number of aliphatic hydroxyl groups excluding tert-OH is 7. The third-order valence-electron chi connectivity index (χ3n) is 4.67. The van der Waals surface area contributed by atoms with Gasteiger partial charge in [-0.3, -0.25) is 0 Å². The molecule has 2 rings (SSSR count). The first-order valence-corrected chi connectivity index (χ1v) is 8.23. The highest BCUT2D eigenvalue weighted by Gasteiger charge is 2.55. The second-order valence-corrected chi connectivity index (χ2v) is 6.46. The van der Waals surface area contributed by atoms with E-state index in [1.807, 2.05) is 0 Å². The molecule has 2 aliphatic heterocycles. The summed E-state index contributed by atoms with van der Waals surface area (Å²) in [6.45, 7) is -1.48. The van der Waals surface area contributed by atoms with Gasteiger partial charge in [0.2, 0.25) is 0 Å². The third kappa shape index (κ3) is 4.01. The lowest BCUT2D eigenvalue weighted by Gasteiger charge is -2.49. The smallest absolute Gasteiger partial charge is 0.196 e. The lowest BCUT2D eigenvalue weighted by Crippen LogP contribution is -2.68. The molecule has 10 N–H and O–H groups in total. The Kier molecular flexibility index (Phi) is 7.29. The summed E-state index contributed by atoms with van der Waals surface area (Å²) in [5, 5.41) is 78.9. The Hall–Kier alpha value is -0.480. The van der Waals surface area contributed by atoms with Gasteiger partial charge in [0.05, 0.1) is 13.2 Å². The molecule has 0 spiro atoms. The first-order chi connectivity index (χ1) is 12.2. The largest absolute Gasteiger partial charge is 0.394 e. The Morgan fingerprint density at radius 3 is 2.04 bits per heavy atom. The fourth-order valence-electron chi connectivity index (χ4n) is 3.12. The second-order valence-electron chi connectivity index (χ2n) is 6.46. The molecule has 2 aliphatic rings. The van der Waals surface area contributed by atoms with E-state index in [4.69, 9.17) is 19.9 Å². The van der Waals surface area contributed by atoms with E-state index in [0.29, 0.717) is 0 Å². The van der Waals surface area contributed by atoms with Crippen LogP contribution in [0.4, 0.5) is 0 Å². The molecule has 0 radical (unpaired) electrons. The van der Waals surface area contributed by atoms with Gasteiger partial charge in [0.25, 0.3) is 0 Å². The van der Waals surface area contributed by atoms with Gasteiger partial charge in [0.1, 0.15) is 48.8 Å². The average Bonchev–Trinajstić information content (AvgIpc) is 2.62. The summed E-state index contributed by atoms with van der Waals surface area (Å²) in [7, 11) is 0. The fourth-order valence-corrected chi connectivity index (χ4v) is 3.12. The Labute approximate surface area is 149 Å². The number of hydrogen-bond donors (Lipinski definition) is 9. The normalized spacial score (nSPS) is 50.0. The Bertz CT molecular complexity index is 453. The van der Waals surface area contributed by atoms with Gasteiger partial charge < -0.3 is 60.8 Å². The zero-order chi connectivity index (χ0) is 19.6. The minimum absolute atomic E-state index is 0.0728. The van der Waals surface area contributed by atoms with Gasteiger partial charge in [-0.15, -0.1) is 0 Å². The van der Waals surface area contributed by atoms with E-state index in [1.54, 1.807) is 0 Å². The summed E-state index contributed by atoms with van der Waals surface area (Å²) in [6.07, 6.45) is -14.5. The molecule has 0 aromatic carbocycles. The zero-order valence-electron chi connectivity index (χ0n) is 13.9. The summed E-state index contributed by atoms with van der Waals surface area (Å²) in [4.78, 5) is 0. The molecule has 0 aliphatic carbocycles.